The van der Waals surface area contributed by atoms with E-state index in [1.165, 1.54) is 23.1 Å². The minimum atomic E-state index is -0.442. The lowest BCUT2D eigenvalue weighted by Gasteiger charge is -2.26. The van der Waals surface area contributed by atoms with Crippen LogP contribution in [0, 0.1) is 19.7 Å². The van der Waals surface area contributed by atoms with Gasteiger partial charge in [0.05, 0.1) is 23.4 Å². The van der Waals surface area contributed by atoms with Gasteiger partial charge in [-0.05, 0) is 74.4 Å². The van der Waals surface area contributed by atoms with Gasteiger partial charge in [0, 0.05) is 23.2 Å². The van der Waals surface area contributed by atoms with E-state index in [-0.39, 0.29) is 29.4 Å². The number of imide groups is 1. The number of nitrogens with zero attached hydrogens (tertiary/aromatic N) is 3. The van der Waals surface area contributed by atoms with Crippen molar-refractivity contribution in [3.8, 4) is 11.3 Å². The van der Waals surface area contributed by atoms with E-state index in [4.69, 9.17) is 4.52 Å². The molecule has 0 radical (unpaired) electrons. The smallest absolute Gasteiger partial charge is 0.266 e. The maximum absolute atomic E-state index is 13.4. The van der Waals surface area contributed by atoms with Crippen molar-refractivity contribution in [1.82, 2.24) is 10.1 Å². The Morgan fingerprint density at radius 1 is 0.946 bits per heavy atom. The van der Waals surface area contributed by atoms with E-state index in [9.17, 15) is 18.8 Å². The molecule has 7 nitrogen and oxygen atoms in total. The van der Waals surface area contributed by atoms with Gasteiger partial charge in [-0.2, -0.15) is 0 Å². The minimum Gasteiger partial charge on any atom is -0.356 e. The van der Waals surface area contributed by atoms with Crippen molar-refractivity contribution < 1.29 is 23.3 Å². The van der Waals surface area contributed by atoms with Crippen molar-refractivity contribution in [2.45, 2.75) is 26.8 Å². The van der Waals surface area contributed by atoms with Crippen LogP contribution in [0.2, 0.25) is 0 Å². The van der Waals surface area contributed by atoms with Crippen LogP contribution < -0.4 is 4.90 Å². The third kappa shape index (κ3) is 3.72. The number of amides is 3. The zero-order valence-corrected chi connectivity index (χ0v) is 20.2. The van der Waals surface area contributed by atoms with Gasteiger partial charge in [-0.3, -0.25) is 14.4 Å². The number of benzene rings is 3. The first kappa shape index (κ1) is 22.8. The summed E-state index contributed by atoms with van der Waals surface area (Å²) in [5.74, 6) is -0.853. The van der Waals surface area contributed by atoms with Gasteiger partial charge in [0.2, 0.25) is 0 Å². The monoisotopic (exact) mass is 495 g/mol. The van der Waals surface area contributed by atoms with Crippen LogP contribution in [0.25, 0.3) is 11.3 Å². The molecule has 0 aliphatic carbocycles. The topological polar surface area (TPSA) is 83.7 Å². The lowest BCUT2D eigenvalue weighted by molar-refractivity contribution is 0.0731. The molecule has 3 heterocycles. The molecule has 2 aliphatic rings. The van der Waals surface area contributed by atoms with E-state index in [2.05, 4.69) is 5.16 Å². The van der Waals surface area contributed by atoms with E-state index in [0.717, 1.165) is 22.3 Å². The van der Waals surface area contributed by atoms with Crippen molar-refractivity contribution in [3.05, 3.63) is 106 Å². The van der Waals surface area contributed by atoms with Crippen LogP contribution in [0.3, 0.4) is 0 Å². The van der Waals surface area contributed by atoms with Crippen LogP contribution in [0.5, 0.6) is 0 Å². The number of carbonyl (C=O) groups excluding carboxylic acids is 3. The molecule has 3 amide bonds. The van der Waals surface area contributed by atoms with Gasteiger partial charge in [0.1, 0.15) is 11.5 Å². The molecule has 6 rings (SSSR count). The standard InChI is InChI=1S/C29H22FN3O4/c1-16-3-10-25(17(2)13-16)33-28(35)21-9-6-19(14-23(21)29(33)36)27(34)32-12-11-22-24(15-32)31-37-26(22)18-4-7-20(30)8-5-18/h3-10,13-14H,11-12,15H2,1-2H3. The second-order valence-corrected chi connectivity index (χ2v) is 9.42. The van der Waals surface area contributed by atoms with Crippen LogP contribution in [0.1, 0.15) is 53.5 Å². The average Bonchev–Trinajstić information content (AvgIpc) is 3.42. The normalized spacial score (nSPS) is 14.7. The Morgan fingerprint density at radius 3 is 2.46 bits per heavy atom. The summed E-state index contributed by atoms with van der Waals surface area (Å²) >= 11 is 0. The van der Waals surface area contributed by atoms with Crippen molar-refractivity contribution in [2.75, 3.05) is 11.4 Å². The molecule has 37 heavy (non-hydrogen) atoms. The van der Waals surface area contributed by atoms with Crippen LogP contribution in [-0.4, -0.2) is 34.3 Å². The molecule has 184 valence electrons. The fourth-order valence-corrected chi connectivity index (χ4v) is 5.06. The number of carbonyl (C=O) groups is 3. The maximum Gasteiger partial charge on any atom is 0.266 e. The van der Waals surface area contributed by atoms with Gasteiger partial charge >= 0.3 is 0 Å². The van der Waals surface area contributed by atoms with Crippen LogP contribution >= 0.6 is 0 Å². The molecule has 0 atom stereocenters. The predicted octanol–water partition coefficient (Wildman–Crippen LogP) is 5.10. The third-order valence-electron chi connectivity index (χ3n) is 6.96. The highest BCUT2D eigenvalue weighted by molar-refractivity contribution is 6.35. The summed E-state index contributed by atoms with van der Waals surface area (Å²) in [7, 11) is 0. The molecule has 4 aromatic rings. The number of hydrogen-bond donors (Lipinski definition) is 0. The summed E-state index contributed by atoms with van der Waals surface area (Å²) in [6, 6.07) is 16.2. The number of fused-ring (bicyclic) bond motifs is 2. The molecule has 0 fully saturated rings. The minimum absolute atomic E-state index is 0.216. The first-order chi connectivity index (χ1) is 17.8. The fraction of sp³-hybridized carbons (Fsp3) is 0.172. The first-order valence-electron chi connectivity index (χ1n) is 11.9. The molecule has 0 saturated heterocycles. The second-order valence-electron chi connectivity index (χ2n) is 9.42. The zero-order valence-electron chi connectivity index (χ0n) is 20.2. The maximum atomic E-state index is 13.4. The summed E-state index contributed by atoms with van der Waals surface area (Å²) in [6.07, 6.45) is 0.528. The van der Waals surface area contributed by atoms with Crippen molar-refractivity contribution >= 4 is 23.4 Å². The van der Waals surface area contributed by atoms with E-state index >= 15 is 0 Å². The number of rotatable bonds is 3. The van der Waals surface area contributed by atoms with Crippen LogP contribution in [0.4, 0.5) is 10.1 Å². The highest BCUT2D eigenvalue weighted by Gasteiger charge is 2.38. The van der Waals surface area contributed by atoms with Gasteiger partial charge < -0.3 is 9.42 Å². The SMILES string of the molecule is Cc1ccc(N2C(=O)c3ccc(C(=O)N4CCc5c(noc5-c5ccc(F)cc5)C4)cc3C2=O)c(C)c1. The van der Waals surface area contributed by atoms with Gasteiger partial charge in [0.25, 0.3) is 17.7 Å². The molecule has 0 spiro atoms. The van der Waals surface area contributed by atoms with Gasteiger partial charge in [0.15, 0.2) is 5.76 Å². The average molecular weight is 496 g/mol. The molecular weight excluding hydrogens is 473 g/mol. The van der Waals surface area contributed by atoms with E-state index in [0.29, 0.717) is 35.7 Å². The van der Waals surface area contributed by atoms with Crippen LogP contribution in [0.15, 0.2) is 65.2 Å². The van der Waals surface area contributed by atoms with Crippen LogP contribution in [-0.2, 0) is 13.0 Å². The Bertz CT molecular complexity index is 1610. The number of halogens is 1. The lowest BCUT2D eigenvalue weighted by atomic mass is 9.99. The summed E-state index contributed by atoms with van der Waals surface area (Å²) < 4.78 is 18.8. The quantitative estimate of drug-likeness (QED) is 0.370. The molecular formula is C29H22FN3O4. The molecule has 2 aliphatic heterocycles. The predicted molar refractivity (Wildman–Crippen MR) is 134 cm³/mol. The van der Waals surface area contributed by atoms with Crippen molar-refractivity contribution in [2.24, 2.45) is 0 Å². The Morgan fingerprint density at radius 2 is 1.70 bits per heavy atom. The van der Waals surface area contributed by atoms with Crippen molar-refractivity contribution in [1.29, 1.82) is 0 Å². The summed E-state index contributed by atoms with van der Waals surface area (Å²) in [4.78, 5) is 42.5. The third-order valence-corrected chi connectivity index (χ3v) is 6.96. The molecule has 1 aromatic heterocycles. The largest absolute Gasteiger partial charge is 0.356 e. The molecule has 0 bridgehead atoms. The number of anilines is 1. The first-order valence-corrected chi connectivity index (χ1v) is 11.9. The van der Waals surface area contributed by atoms with E-state index < -0.39 is 11.8 Å². The molecule has 0 unspecified atom stereocenters. The van der Waals surface area contributed by atoms with Gasteiger partial charge in [-0.1, -0.05) is 22.9 Å². The molecule has 8 heteroatoms. The lowest BCUT2D eigenvalue weighted by Crippen LogP contribution is -2.36. The highest BCUT2D eigenvalue weighted by Crippen LogP contribution is 2.33. The Balaban J connectivity index is 1.25. The highest BCUT2D eigenvalue weighted by atomic mass is 19.1. The molecule has 0 saturated carbocycles. The summed E-state index contributed by atoms with van der Waals surface area (Å²) in [5, 5.41) is 4.15. The Labute approximate surface area is 212 Å². The summed E-state index contributed by atoms with van der Waals surface area (Å²) in [6.45, 7) is 4.48. The number of aryl methyl sites for hydroxylation is 2. The van der Waals surface area contributed by atoms with E-state index in [1.807, 2.05) is 26.0 Å². The van der Waals surface area contributed by atoms with E-state index in [1.54, 1.807) is 35.2 Å². The van der Waals surface area contributed by atoms with Crippen molar-refractivity contribution in [3.63, 3.8) is 0 Å². The Hall–Kier alpha value is -4.59. The molecule has 3 aromatic carbocycles. The summed E-state index contributed by atoms with van der Waals surface area (Å²) in [5.41, 5.74) is 5.49. The molecule has 0 N–H and O–H groups in total. The zero-order chi connectivity index (χ0) is 25.8. The van der Waals surface area contributed by atoms with Gasteiger partial charge in [-0.25, -0.2) is 9.29 Å². The fourth-order valence-electron chi connectivity index (χ4n) is 5.06. The Kier molecular flexibility index (Phi) is 5.26. The van der Waals surface area contributed by atoms with Gasteiger partial charge in [-0.15, -0.1) is 0 Å². The second kappa shape index (κ2) is 8.51. The number of aromatic nitrogens is 1. The number of hydrogen-bond acceptors (Lipinski definition) is 5.